The van der Waals surface area contributed by atoms with Crippen molar-refractivity contribution in [3.05, 3.63) is 58.0 Å². The number of benzene rings is 1. The highest BCUT2D eigenvalue weighted by Gasteiger charge is 2.22. The third-order valence-corrected chi connectivity index (χ3v) is 6.38. The Hall–Kier alpha value is -2.25. The fourth-order valence-corrected chi connectivity index (χ4v) is 4.35. The van der Waals surface area contributed by atoms with Gasteiger partial charge in [-0.2, -0.15) is 0 Å². The summed E-state index contributed by atoms with van der Waals surface area (Å²) >= 11 is 1.59. The second kappa shape index (κ2) is 15.6. The molecule has 0 radical (unpaired) electrons. The summed E-state index contributed by atoms with van der Waals surface area (Å²) in [6.45, 7) is 4.09. The van der Waals surface area contributed by atoms with Crippen molar-refractivity contribution in [1.82, 2.24) is 9.80 Å². The molecule has 1 heterocycles. The molecule has 182 valence electrons. The van der Waals surface area contributed by atoms with Crippen molar-refractivity contribution in [1.29, 1.82) is 0 Å². The van der Waals surface area contributed by atoms with Gasteiger partial charge in [0, 0.05) is 38.1 Å². The van der Waals surface area contributed by atoms with Gasteiger partial charge in [-0.3, -0.25) is 9.59 Å². The molecule has 0 saturated carbocycles. The average molecular weight is 477 g/mol. The van der Waals surface area contributed by atoms with Gasteiger partial charge in [0.2, 0.25) is 11.8 Å². The molecular formula is C26H37FN2O3S. The van der Waals surface area contributed by atoms with Gasteiger partial charge in [0.25, 0.3) is 0 Å². The van der Waals surface area contributed by atoms with Crippen LogP contribution in [0.15, 0.2) is 41.8 Å². The lowest BCUT2D eigenvalue weighted by atomic mass is 10.1. The number of rotatable bonds is 16. The molecule has 33 heavy (non-hydrogen) atoms. The quantitative estimate of drug-likeness (QED) is 0.295. The van der Waals surface area contributed by atoms with Gasteiger partial charge in [0.15, 0.2) is 0 Å². The molecule has 0 saturated heterocycles. The summed E-state index contributed by atoms with van der Waals surface area (Å²) in [7, 11) is 1.64. The number of nitrogens with zero attached hydrogens (tertiary/aromatic N) is 2. The minimum absolute atomic E-state index is 0.0220. The molecule has 0 atom stereocenters. The maximum Gasteiger partial charge on any atom is 0.242 e. The lowest BCUT2D eigenvalue weighted by Crippen LogP contribution is -2.43. The number of halogens is 1. The maximum atomic E-state index is 13.3. The van der Waals surface area contributed by atoms with Gasteiger partial charge in [-0.05, 0) is 42.0 Å². The van der Waals surface area contributed by atoms with E-state index in [1.54, 1.807) is 40.4 Å². The van der Waals surface area contributed by atoms with Gasteiger partial charge < -0.3 is 14.5 Å². The van der Waals surface area contributed by atoms with Gasteiger partial charge in [0.1, 0.15) is 5.82 Å². The molecule has 2 aromatic rings. The van der Waals surface area contributed by atoms with Crippen molar-refractivity contribution >= 4 is 23.2 Å². The van der Waals surface area contributed by atoms with Crippen LogP contribution in [0.3, 0.4) is 0 Å². The highest BCUT2D eigenvalue weighted by atomic mass is 32.1. The van der Waals surface area contributed by atoms with Crippen LogP contribution in [-0.4, -0.2) is 48.4 Å². The lowest BCUT2D eigenvalue weighted by molar-refractivity contribution is -0.141. The highest BCUT2D eigenvalue weighted by Crippen LogP contribution is 2.16. The number of thiophene rings is 1. The van der Waals surface area contributed by atoms with E-state index in [1.807, 2.05) is 17.5 Å². The maximum absolute atomic E-state index is 13.3. The van der Waals surface area contributed by atoms with Crippen molar-refractivity contribution in [3.63, 3.8) is 0 Å². The van der Waals surface area contributed by atoms with E-state index >= 15 is 0 Å². The van der Waals surface area contributed by atoms with E-state index < -0.39 is 0 Å². The first-order valence-corrected chi connectivity index (χ1v) is 12.7. The number of carbonyl (C=O) groups excluding carboxylic acids is 2. The Morgan fingerprint density at radius 2 is 1.70 bits per heavy atom. The Labute approximate surface area is 201 Å². The summed E-state index contributed by atoms with van der Waals surface area (Å²) in [4.78, 5) is 30.7. The number of methoxy groups -OCH3 is 1. The number of amides is 2. The zero-order chi connectivity index (χ0) is 23.9. The van der Waals surface area contributed by atoms with Crippen LogP contribution in [0.1, 0.15) is 62.3 Å². The zero-order valence-corrected chi connectivity index (χ0v) is 20.7. The molecule has 2 amide bonds. The Morgan fingerprint density at radius 3 is 2.36 bits per heavy atom. The summed E-state index contributed by atoms with van der Waals surface area (Å²) in [5, 5.41) is 1.98. The first kappa shape index (κ1) is 27.0. The number of hydrogen-bond donors (Lipinski definition) is 0. The summed E-state index contributed by atoms with van der Waals surface area (Å²) in [6.07, 6.45) is 6.53. The molecule has 0 spiro atoms. The average Bonchev–Trinajstić information content (AvgIpc) is 3.32. The number of ether oxygens (including phenoxy) is 1. The van der Waals surface area contributed by atoms with Crippen LogP contribution < -0.4 is 0 Å². The normalized spacial score (nSPS) is 10.9. The highest BCUT2D eigenvalue weighted by molar-refractivity contribution is 7.09. The monoisotopic (exact) mass is 476 g/mol. The molecule has 0 aliphatic heterocycles. The molecule has 0 fully saturated rings. The predicted octanol–water partition coefficient (Wildman–Crippen LogP) is 5.64. The molecule has 1 aromatic carbocycles. The van der Waals surface area contributed by atoms with E-state index in [0.29, 0.717) is 39.1 Å². The molecule has 1 aromatic heterocycles. The van der Waals surface area contributed by atoms with Crippen LogP contribution in [0.4, 0.5) is 4.39 Å². The summed E-state index contributed by atoms with van der Waals surface area (Å²) in [6, 6.07) is 10.2. The van der Waals surface area contributed by atoms with Gasteiger partial charge in [0.05, 0.1) is 13.1 Å². The van der Waals surface area contributed by atoms with E-state index in [-0.39, 0.29) is 24.2 Å². The van der Waals surface area contributed by atoms with Crippen LogP contribution in [0.5, 0.6) is 0 Å². The van der Waals surface area contributed by atoms with Gasteiger partial charge in [-0.25, -0.2) is 4.39 Å². The summed E-state index contributed by atoms with van der Waals surface area (Å²) < 4.78 is 18.5. The smallest absolute Gasteiger partial charge is 0.242 e. The van der Waals surface area contributed by atoms with Crippen LogP contribution in [-0.2, 0) is 27.4 Å². The fraction of sp³-hybridized carbons (Fsp3) is 0.538. The molecule has 0 bridgehead atoms. The predicted molar refractivity (Wildman–Crippen MR) is 131 cm³/mol. The second-order valence-corrected chi connectivity index (χ2v) is 9.31. The van der Waals surface area contributed by atoms with Gasteiger partial charge in [-0.1, -0.05) is 50.8 Å². The van der Waals surface area contributed by atoms with Crippen molar-refractivity contribution < 1.29 is 18.7 Å². The van der Waals surface area contributed by atoms with Crippen molar-refractivity contribution in [2.75, 3.05) is 26.8 Å². The van der Waals surface area contributed by atoms with Crippen LogP contribution in [0.25, 0.3) is 0 Å². The molecule has 0 N–H and O–H groups in total. The molecule has 0 aliphatic rings. The molecule has 0 aliphatic carbocycles. The largest absolute Gasteiger partial charge is 0.385 e. The van der Waals surface area contributed by atoms with Crippen LogP contribution in [0.2, 0.25) is 0 Å². The summed E-state index contributed by atoms with van der Waals surface area (Å²) in [5.41, 5.74) is 0.856. The van der Waals surface area contributed by atoms with Crippen molar-refractivity contribution in [3.8, 4) is 0 Å². The van der Waals surface area contributed by atoms with E-state index in [2.05, 4.69) is 6.92 Å². The first-order chi connectivity index (χ1) is 16.0. The van der Waals surface area contributed by atoms with E-state index in [1.165, 1.54) is 25.0 Å². The number of carbonyl (C=O) groups is 2. The van der Waals surface area contributed by atoms with Crippen LogP contribution >= 0.6 is 11.3 Å². The fourth-order valence-electron chi connectivity index (χ4n) is 3.63. The van der Waals surface area contributed by atoms with E-state index in [0.717, 1.165) is 29.7 Å². The van der Waals surface area contributed by atoms with Gasteiger partial charge >= 0.3 is 0 Å². The van der Waals surface area contributed by atoms with Crippen molar-refractivity contribution in [2.24, 2.45) is 0 Å². The Morgan fingerprint density at radius 1 is 0.939 bits per heavy atom. The number of hydrogen-bond acceptors (Lipinski definition) is 4. The standard InChI is InChI=1S/C26H37FN2O3S/c1-3-4-5-6-7-11-25(30)28(16-9-17-32-2)21-26(31)29(20-24-10-8-18-33-24)19-22-12-14-23(27)15-13-22/h8,10,12-15,18H,3-7,9,11,16-17,19-21H2,1-2H3. The topological polar surface area (TPSA) is 49.9 Å². The van der Waals surface area contributed by atoms with E-state index in [4.69, 9.17) is 4.74 Å². The molecule has 5 nitrogen and oxygen atoms in total. The second-order valence-electron chi connectivity index (χ2n) is 8.28. The van der Waals surface area contributed by atoms with Gasteiger partial charge in [-0.15, -0.1) is 11.3 Å². The summed E-state index contributed by atoms with van der Waals surface area (Å²) in [5.74, 6) is -0.387. The lowest BCUT2D eigenvalue weighted by Gasteiger charge is -2.28. The van der Waals surface area contributed by atoms with E-state index in [9.17, 15) is 14.0 Å². The van der Waals surface area contributed by atoms with Crippen LogP contribution in [0, 0.1) is 5.82 Å². The van der Waals surface area contributed by atoms with Crippen molar-refractivity contribution in [2.45, 2.75) is 65.0 Å². The SMILES string of the molecule is CCCCCCCC(=O)N(CCCOC)CC(=O)N(Cc1ccc(F)cc1)Cc1cccs1. The minimum Gasteiger partial charge on any atom is -0.385 e. The Bertz CT molecular complexity index is 811. The minimum atomic E-state index is -0.302. The molecular weight excluding hydrogens is 439 g/mol. The molecule has 0 unspecified atom stereocenters. The molecule has 7 heteroatoms. The zero-order valence-electron chi connectivity index (χ0n) is 19.9. The Kier molecular flexibility index (Phi) is 12.7. The third-order valence-electron chi connectivity index (χ3n) is 5.52. The molecule has 2 rings (SSSR count). The first-order valence-electron chi connectivity index (χ1n) is 11.8. The number of unbranched alkanes of at least 4 members (excludes halogenated alkanes) is 4. The third kappa shape index (κ3) is 10.5. The Balaban J connectivity index is 2.05.